The Morgan fingerprint density at radius 1 is 0.886 bits per heavy atom. The Morgan fingerprint density at radius 3 is 2.23 bits per heavy atom. The number of likely N-dealkylation sites (N-methyl/N-ethyl adjacent to an activating group) is 1. The zero-order chi connectivity index (χ0) is 32.5. The molecular formula is C25H48N6O13. The number of aliphatic hydroxyl groups is 7. The molecule has 44 heavy (non-hydrogen) atoms. The zero-order valence-corrected chi connectivity index (χ0v) is 24.3. The van der Waals surface area contributed by atoms with Gasteiger partial charge in [0.05, 0.1) is 36.9 Å². The largest absolute Gasteiger partial charge is 0.394 e. The second-order valence-corrected chi connectivity index (χ2v) is 11.8. The summed E-state index contributed by atoms with van der Waals surface area (Å²) in [5, 5.41) is 78.3. The van der Waals surface area contributed by atoms with Gasteiger partial charge in [0.15, 0.2) is 18.9 Å². The molecule has 3 unspecified atom stereocenters. The lowest BCUT2D eigenvalue weighted by Gasteiger charge is -2.51. The number of carbonyl (C=O) groups is 1. The van der Waals surface area contributed by atoms with Gasteiger partial charge in [-0.1, -0.05) is 0 Å². The van der Waals surface area contributed by atoms with Gasteiger partial charge >= 0.3 is 0 Å². The SMILES string of the molecule is CN[C@@H]1[C@@H](O[C@H]2O[C@H](CO)[C@@H](N)[C@H](O)[C@H]2O)OC2C[C@@H](N)[C@@H](O[C@H]3[C@H](O)[C@@H](O)[C@H](NC(=O)C(O)CCN)C[C@@H]3N)OC2[C@@H]1O. The lowest BCUT2D eigenvalue weighted by molar-refractivity contribution is -0.373. The van der Waals surface area contributed by atoms with Gasteiger partial charge in [-0.3, -0.25) is 4.79 Å². The van der Waals surface area contributed by atoms with E-state index in [1.165, 1.54) is 7.05 Å². The summed E-state index contributed by atoms with van der Waals surface area (Å²) < 4.78 is 29.3. The van der Waals surface area contributed by atoms with Gasteiger partial charge in [-0.25, -0.2) is 0 Å². The maximum Gasteiger partial charge on any atom is 0.249 e. The highest BCUT2D eigenvalue weighted by atomic mass is 16.8. The number of fused-ring (bicyclic) bond motifs is 1. The van der Waals surface area contributed by atoms with E-state index in [-0.39, 0.29) is 25.8 Å². The quantitative estimate of drug-likeness (QED) is 0.105. The van der Waals surface area contributed by atoms with Crippen LogP contribution >= 0.6 is 0 Å². The van der Waals surface area contributed by atoms with Crippen molar-refractivity contribution in [1.29, 1.82) is 0 Å². The molecule has 17 N–H and O–H groups in total. The third kappa shape index (κ3) is 7.34. The number of amides is 1. The van der Waals surface area contributed by atoms with Crippen LogP contribution < -0.4 is 33.6 Å². The molecule has 1 aliphatic carbocycles. The van der Waals surface area contributed by atoms with Gasteiger partial charge in [-0.05, 0) is 32.9 Å². The number of rotatable bonds is 10. The van der Waals surface area contributed by atoms with E-state index in [2.05, 4.69) is 10.6 Å². The van der Waals surface area contributed by atoms with Crippen LogP contribution in [-0.4, -0.2) is 172 Å². The molecule has 19 heteroatoms. The van der Waals surface area contributed by atoms with Crippen molar-refractivity contribution >= 4 is 5.91 Å². The second-order valence-electron chi connectivity index (χ2n) is 11.8. The summed E-state index contributed by atoms with van der Waals surface area (Å²) in [5.74, 6) is -0.757. The Bertz CT molecular complexity index is 941. The van der Waals surface area contributed by atoms with Gasteiger partial charge in [0.25, 0.3) is 0 Å². The molecule has 3 heterocycles. The van der Waals surface area contributed by atoms with E-state index in [0.717, 1.165) is 0 Å². The number of hydrogen-bond acceptors (Lipinski definition) is 18. The van der Waals surface area contributed by atoms with Gasteiger partial charge in [0.2, 0.25) is 5.91 Å². The smallest absolute Gasteiger partial charge is 0.249 e. The van der Waals surface area contributed by atoms with Crippen molar-refractivity contribution in [3.63, 3.8) is 0 Å². The lowest BCUT2D eigenvalue weighted by Crippen LogP contribution is -2.70. The summed E-state index contributed by atoms with van der Waals surface area (Å²) in [5.41, 5.74) is 23.8. The molecule has 256 valence electrons. The van der Waals surface area contributed by atoms with Crippen LogP contribution in [0.15, 0.2) is 0 Å². The van der Waals surface area contributed by atoms with Crippen molar-refractivity contribution in [1.82, 2.24) is 10.6 Å². The summed E-state index contributed by atoms with van der Waals surface area (Å²) in [4.78, 5) is 12.2. The fraction of sp³-hybridized carbons (Fsp3) is 0.960. The van der Waals surface area contributed by atoms with Crippen molar-refractivity contribution < 1.29 is 64.2 Å². The van der Waals surface area contributed by atoms with E-state index < -0.39 is 123 Å². The van der Waals surface area contributed by atoms with E-state index in [4.69, 9.17) is 46.6 Å². The van der Waals surface area contributed by atoms with Gasteiger partial charge in [0.1, 0.15) is 54.9 Å². The molecule has 1 saturated carbocycles. The molecule has 3 saturated heterocycles. The minimum Gasteiger partial charge on any atom is -0.394 e. The first kappa shape index (κ1) is 35.6. The number of nitrogens with two attached hydrogens (primary N) is 4. The molecule has 19 nitrogen and oxygen atoms in total. The Balaban J connectivity index is 1.39. The Labute approximate surface area is 253 Å². The highest BCUT2D eigenvalue weighted by Crippen LogP contribution is 2.35. The van der Waals surface area contributed by atoms with Crippen LogP contribution in [0.4, 0.5) is 0 Å². The number of ether oxygens (including phenoxy) is 5. The zero-order valence-electron chi connectivity index (χ0n) is 24.3. The molecule has 0 aromatic heterocycles. The standard InChI is InChI=1S/C25H48N6O13/c1-30-14-17(36)21-11(40-24(14)44-25-19(38)16(35)13(29)12(6-32)41-25)5-8(28)23(43-21)42-20-7(27)4-9(15(34)18(20)37)31-22(39)10(33)2-3-26/h7-21,23-25,30,32-38H,2-6,26-29H2,1H3,(H,31,39)/t7-,8+,9+,10?,11?,12+,13+,14-,15-,16-,17+,18+,19+,20+,21?,23-,24+,25+/m0/s1. The third-order valence-corrected chi connectivity index (χ3v) is 8.77. The van der Waals surface area contributed by atoms with Crippen molar-refractivity contribution in [2.75, 3.05) is 20.2 Å². The summed E-state index contributed by atoms with van der Waals surface area (Å²) in [7, 11) is 1.53. The Morgan fingerprint density at radius 2 is 1.59 bits per heavy atom. The summed E-state index contributed by atoms with van der Waals surface area (Å²) in [6.45, 7) is -0.457. The normalized spacial score (nSPS) is 48.8. The summed E-state index contributed by atoms with van der Waals surface area (Å²) in [6.07, 6.45) is -16.5. The highest BCUT2D eigenvalue weighted by molar-refractivity contribution is 5.80. The van der Waals surface area contributed by atoms with Crippen LogP contribution in [0.5, 0.6) is 0 Å². The minimum atomic E-state index is -1.57. The number of carbonyl (C=O) groups excluding carboxylic acids is 1. The summed E-state index contributed by atoms with van der Waals surface area (Å²) >= 11 is 0. The molecule has 0 radical (unpaired) electrons. The highest BCUT2D eigenvalue weighted by Gasteiger charge is 2.54. The van der Waals surface area contributed by atoms with Gasteiger partial charge in [-0.15, -0.1) is 0 Å². The van der Waals surface area contributed by atoms with E-state index >= 15 is 0 Å². The molecule has 0 aromatic rings. The first-order valence-electron chi connectivity index (χ1n) is 14.7. The van der Waals surface area contributed by atoms with E-state index in [1.807, 2.05) is 0 Å². The maximum absolute atomic E-state index is 12.2. The maximum atomic E-state index is 12.2. The fourth-order valence-electron chi connectivity index (χ4n) is 6.13. The first-order valence-corrected chi connectivity index (χ1v) is 14.7. The van der Waals surface area contributed by atoms with Crippen LogP contribution in [0.25, 0.3) is 0 Å². The van der Waals surface area contributed by atoms with Crippen LogP contribution in [0.2, 0.25) is 0 Å². The molecule has 0 aromatic carbocycles. The number of nitrogens with one attached hydrogen (secondary N) is 2. The van der Waals surface area contributed by atoms with Crippen LogP contribution in [0.1, 0.15) is 19.3 Å². The Kier molecular flexibility index (Phi) is 12.3. The molecule has 4 aliphatic rings. The molecule has 0 spiro atoms. The predicted molar refractivity (Wildman–Crippen MR) is 147 cm³/mol. The topological polar surface area (TPSA) is 333 Å². The summed E-state index contributed by atoms with van der Waals surface area (Å²) in [6, 6.07) is -4.71. The van der Waals surface area contributed by atoms with Crippen molar-refractivity contribution in [3.8, 4) is 0 Å². The molecule has 4 fully saturated rings. The molecule has 4 rings (SSSR count). The second kappa shape index (κ2) is 15.1. The minimum absolute atomic E-state index is 0.00357. The molecule has 3 aliphatic heterocycles. The molecule has 0 bridgehead atoms. The average molecular weight is 641 g/mol. The lowest BCUT2D eigenvalue weighted by atomic mass is 9.83. The van der Waals surface area contributed by atoms with Crippen LogP contribution in [0, 0.1) is 0 Å². The molecule has 18 atom stereocenters. The molecular weight excluding hydrogens is 592 g/mol. The van der Waals surface area contributed by atoms with Crippen LogP contribution in [0.3, 0.4) is 0 Å². The van der Waals surface area contributed by atoms with E-state index in [9.17, 15) is 40.5 Å². The van der Waals surface area contributed by atoms with Gasteiger partial charge in [0, 0.05) is 6.04 Å². The van der Waals surface area contributed by atoms with Crippen molar-refractivity contribution in [2.45, 2.75) is 129 Å². The monoisotopic (exact) mass is 640 g/mol. The van der Waals surface area contributed by atoms with Crippen molar-refractivity contribution in [3.05, 3.63) is 0 Å². The van der Waals surface area contributed by atoms with E-state index in [0.29, 0.717) is 0 Å². The van der Waals surface area contributed by atoms with Crippen LogP contribution in [-0.2, 0) is 28.5 Å². The predicted octanol–water partition coefficient (Wildman–Crippen LogP) is -8.08. The first-order chi connectivity index (χ1) is 20.8. The Hall–Kier alpha value is -1.21. The number of aliphatic hydroxyl groups excluding tert-OH is 7. The van der Waals surface area contributed by atoms with Gasteiger partial charge in [-0.2, -0.15) is 0 Å². The number of hydrogen-bond donors (Lipinski definition) is 13. The van der Waals surface area contributed by atoms with Gasteiger partial charge < -0.3 is 93.0 Å². The average Bonchev–Trinajstić information content (AvgIpc) is 2.98. The third-order valence-electron chi connectivity index (χ3n) is 8.77. The fourth-order valence-corrected chi connectivity index (χ4v) is 6.13. The van der Waals surface area contributed by atoms with Crippen molar-refractivity contribution in [2.24, 2.45) is 22.9 Å². The molecule has 1 amide bonds. The van der Waals surface area contributed by atoms with E-state index in [1.54, 1.807) is 0 Å².